The Morgan fingerprint density at radius 1 is 1.09 bits per heavy atom. The summed E-state index contributed by atoms with van der Waals surface area (Å²) < 4.78 is 0. The lowest BCUT2D eigenvalue weighted by Gasteiger charge is -2.23. The van der Waals surface area contributed by atoms with Gasteiger partial charge in [0.2, 0.25) is 0 Å². The van der Waals surface area contributed by atoms with E-state index in [0.29, 0.717) is 0 Å². The van der Waals surface area contributed by atoms with Crippen LogP contribution in [0, 0.1) is 0 Å². The number of carbonyl (C=O) groups excluding carboxylic acids is 1. The Kier molecular flexibility index (Phi) is 3.40. The first-order valence-corrected chi connectivity index (χ1v) is 7.57. The molecule has 2 heteroatoms. The molecule has 1 heterocycles. The number of benzene rings is 1. The van der Waals surface area contributed by atoms with Crippen LogP contribution in [-0.2, 0) is 10.2 Å². The Labute approximate surface area is 132 Å². The van der Waals surface area contributed by atoms with Crippen molar-refractivity contribution in [3.8, 4) is 0 Å². The molecule has 0 spiro atoms. The summed E-state index contributed by atoms with van der Waals surface area (Å²) in [5.74, 6) is 0.0680. The number of carbonyl (C=O) groups is 1. The fourth-order valence-electron chi connectivity index (χ4n) is 3.27. The average Bonchev–Trinajstić information content (AvgIpc) is 2.68. The average molecular weight is 291 g/mol. The molecule has 22 heavy (non-hydrogen) atoms. The molecule has 1 aliphatic heterocycles. The zero-order chi connectivity index (χ0) is 15.9. The van der Waals surface area contributed by atoms with Crippen LogP contribution in [0.3, 0.4) is 0 Å². The van der Waals surface area contributed by atoms with Crippen molar-refractivity contribution in [1.29, 1.82) is 0 Å². The molecule has 0 N–H and O–H groups in total. The summed E-state index contributed by atoms with van der Waals surface area (Å²) in [6.07, 6.45) is 9.45. The monoisotopic (exact) mass is 291 g/mol. The van der Waals surface area contributed by atoms with Gasteiger partial charge in [0.05, 0.1) is 0 Å². The van der Waals surface area contributed by atoms with E-state index in [9.17, 15) is 4.79 Å². The molecule has 1 aliphatic carbocycles. The molecule has 0 saturated carbocycles. The van der Waals surface area contributed by atoms with Gasteiger partial charge >= 0.3 is 0 Å². The van der Waals surface area contributed by atoms with Gasteiger partial charge in [0.25, 0.3) is 0 Å². The van der Waals surface area contributed by atoms with Crippen LogP contribution in [0.25, 0.3) is 0 Å². The molecule has 1 aromatic carbocycles. The summed E-state index contributed by atoms with van der Waals surface area (Å²) in [4.78, 5) is 14.2. The molecule has 0 amide bonds. The molecule has 0 unspecified atom stereocenters. The van der Waals surface area contributed by atoms with E-state index in [0.717, 1.165) is 11.1 Å². The Morgan fingerprint density at radius 3 is 2.55 bits per heavy atom. The van der Waals surface area contributed by atoms with Gasteiger partial charge in [0.15, 0.2) is 5.78 Å². The number of hydrogen-bond acceptors (Lipinski definition) is 2. The first kappa shape index (κ1) is 14.6. The molecular weight excluding hydrogens is 270 g/mol. The predicted molar refractivity (Wildman–Crippen MR) is 91.9 cm³/mol. The number of ketones is 1. The molecule has 1 aromatic rings. The van der Waals surface area contributed by atoms with Crippen molar-refractivity contribution in [2.45, 2.75) is 26.2 Å². The summed E-state index contributed by atoms with van der Waals surface area (Å²) in [5, 5.41) is 0. The van der Waals surface area contributed by atoms with Gasteiger partial charge in [0.1, 0.15) is 0 Å². The van der Waals surface area contributed by atoms with E-state index >= 15 is 0 Å². The molecule has 2 nitrogen and oxygen atoms in total. The van der Waals surface area contributed by atoms with E-state index in [4.69, 9.17) is 0 Å². The molecule has 0 fully saturated rings. The van der Waals surface area contributed by atoms with Gasteiger partial charge in [-0.25, -0.2) is 0 Å². The van der Waals surface area contributed by atoms with Crippen molar-refractivity contribution in [3.05, 3.63) is 77.1 Å². The van der Waals surface area contributed by atoms with Crippen molar-refractivity contribution in [2.24, 2.45) is 0 Å². The summed E-state index contributed by atoms with van der Waals surface area (Å²) in [5.41, 5.74) is 5.55. The van der Waals surface area contributed by atoms with Gasteiger partial charge in [-0.2, -0.15) is 0 Å². The number of likely N-dealkylation sites (N-methyl/N-ethyl adjacent to an activating group) is 1. The lowest BCUT2D eigenvalue weighted by Crippen LogP contribution is -2.22. The van der Waals surface area contributed by atoms with Crippen LogP contribution < -0.4 is 4.90 Å². The smallest absolute Gasteiger partial charge is 0.185 e. The highest BCUT2D eigenvalue weighted by Crippen LogP contribution is 2.46. The topological polar surface area (TPSA) is 20.3 Å². The largest absolute Gasteiger partial charge is 0.347 e. The van der Waals surface area contributed by atoms with E-state index < -0.39 is 0 Å². The molecule has 2 aliphatic rings. The zero-order valence-corrected chi connectivity index (χ0v) is 13.6. The third-order valence-corrected chi connectivity index (χ3v) is 4.53. The van der Waals surface area contributed by atoms with Crippen LogP contribution >= 0.6 is 0 Å². The number of rotatable bonds is 1. The number of anilines is 1. The lowest BCUT2D eigenvalue weighted by molar-refractivity contribution is -0.111. The second-order valence-corrected chi connectivity index (χ2v) is 6.46. The van der Waals surface area contributed by atoms with Crippen LogP contribution in [0.5, 0.6) is 0 Å². The summed E-state index contributed by atoms with van der Waals surface area (Å²) in [6, 6.07) is 8.47. The van der Waals surface area contributed by atoms with E-state index in [-0.39, 0.29) is 11.2 Å². The van der Waals surface area contributed by atoms with Gasteiger partial charge in [-0.1, -0.05) is 43.7 Å². The standard InChI is InChI=1S/C20H21NO/c1-14-9-11-18(22)15(13-14)10-12-19-20(2,3)16-7-5-6-8-17(16)21(19)4/h5-13H,1-4H3/b15-10-,19-12+. The van der Waals surface area contributed by atoms with E-state index in [2.05, 4.69) is 56.1 Å². The van der Waals surface area contributed by atoms with Crippen LogP contribution in [0.15, 0.2) is 71.5 Å². The van der Waals surface area contributed by atoms with Gasteiger partial charge < -0.3 is 4.90 Å². The number of para-hydroxylation sites is 1. The van der Waals surface area contributed by atoms with Crippen LogP contribution in [0.4, 0.5) is 5.69 Å². The van der Waals surface area contributed by atoms with E-state index in [1.54, 1.807) is 6.08 Å². The first-order valence-electron chi connectivity index (χ1n) is 7.57. The van der Waals surface area contributed by atoms with Crippen molar-refractivity contribution in [2.75, 3.05) is 11.9 Å². The lowest BCUT2D eigenvalue weighted by atomic mass is 9.83. The maximum Gasteiger partial charge on any atom is 0.185 e. The molecular formula is C20H21NO. The summed E-state index contributed by atoms with van der Waals surface area (Å²) >= 11 is 0. The van der Waals surface area contributed by atoms with Crippen LogP contribution in [-0.4, -0.2) is 12.8 Å². The van der Waals surface area contributed by atoms with Crippen molar-refractivity contribution < 1.29 is 4.79 Å². The maximum atomic E-state index is 12.0. The number of hydrogen-bond donors (Lipinski definition) is 0. The second kappa shape index (κ2) is 5.13. The molecule has 0 atom stereocenters. The number of nitrogens with zero attached hydrogens (tertiary/aromatic N) is 1. The highest BCUT2D eigenvalue weighted by molar-refractivity contribution is 6.08. The third-order valence-electron chi connectivity index (χ3n) is 4.53. The summed E-state index contributed by atoms with van der Waals surface area (Å²) in [7, 11) is 2.08. The zero-order valence-electron chi connectivity index (χ0n) is 13.6. The van der Waals surface area contributed by atoms with Gasteiger partial charge in [0, 0.05) is 29.4 Å². The molecule has 0 bridgehead atoms. The molecule has 0 saturated heterocycles. The third kappa shape index (κ3) is 2.25. The van der Waals surface area contributed by atoms with Crippen LogP contribution in [0.2, 0.25) is 0 Å². The summed E-state index contributed by atoms with van der Waals surface area (Å²) in [6.45, 7) is 6.46. The van der Waals surface area contributed by atoms with E-state index in [1.165, 1.54) is 16.9 Å². The molecule has 0 aromatic heterocycles. The number of allylic oxidation sites excluding steroid dienone is 8. The minimum atomic E-state index is -0.0608. The number of fused-ring (bicyclic) bond motifs is 1. The highest BCUT2D eigenvalue weighted by Gasteiger charge is 2.37. The van der Waals surface area contributed by atoms with Gasteiger partial charge in [-0.3, -0.25) is 4.79 Å². The predicted octanol–water partition coefficient (Wildman–Crippen LogP) is 4.31. The SMILES string of the molecule is CC1=C/C(=C/C=C2/N(C)c3ccccc3C2(C)C)C(=O)C=C1. The quantitative estimate of drug-likeness (QED) is 0.719. The second-order valence-electron chi connectivity index (χ2n) is 6.46. The molecule has 0 radical (unpaired) electrons. The Bertz CT molecular complexity index is 760. The minimum Gasteiger partial charge on any atom is -0.347 e. The highest BCUT2D eigenvalue weighted by atomic mass is 16.1. The van der Waals surface area contributed by atoms with Crippen molar-refractivity contribution >= 4 is 11.5 Å². The normalized spacial score (nSPS) is 23.2. The van der Waals surface area contributed by atoms with Crippen LogP contribution in [0.1, 0.15) is 26.3 Å². The fourth-order valence-corrected chi connectivity index (χ4v) is 3.27. The Balaban J connectivity index is 2.03. The minimum absolute atomic E-state index is 0.0608. The van der Waals surface area contributed by atoms with Crippen molar-refractivity contribution in [1.82, 2.24) is 0 Å². The Morgan fingerprint density at radius 2 is 1.82 bits per heavy atom. The Hall–Kier alpha value is -2.35. The maximum absolute atomic E-state index is 12.0. The van der Waals surface area contributed by atoms with Gasteiger partial charge in [-0.05, 0) is 42.9 Å². The van der Waals surface area contributed by atoms with E-state index in [1.807, 2.05) is 25.2 Å². The first-order chi connectivity index (χ1) is 10.4. The van der Waals surface area contributed by atoms with Crippen molar-refractivity contribution in [3.63, 3.8) is 0 Å². The molecule has 3 rings (SSSR count). The molecule has 112 valence electrons. The van der Waals surface area contributed by atoms with Gasteiger partial charge in [-0.15, -0.1) is 0 Å². The fraction of sp³-hybridized carbons (Fsp3) is 0.250.